The fraction of sp³-hybridized carbons (Fsp3) is 0.0556. The van der Waals surface area contributed by atoms with Crippen molar-refractivity contribution in [3.8, 4) is 5.69 Å². The highest BCUT2D eigenvalue weighted by Gasteiger charge is 2.17. The van der Waals surface area contributed by atoms with E-state index in [1.165, 1.54) is 11.3 Å². The number of carbonyl (C=O) groups excluding carboxylic acids is 1. The van der Waals surface area contributed by atoms with Gasteiger partial charge in [0.05, 0.1) is 33.4 Å². The minimum absolute atomic E-state index is 0.213. The number of aromatic nitrogens is 3. The third-order valence-electron chi connectivity index (χ3n) is 3.85. The van der Waals surface area contributed by atoms with Gasteiger partial charge < -0.3 is 0 Å². The zero-order valence-corrected chi connectivity index (χ0v) is 15.6. The number of anilines is 1. The third-order valence-corrected chi connectivity index (χ3v) is 5.47. The summed E-state index contributed by atoms with van der Waals surface area (Å²) in [5.74, 6) is -0.213. The van der Waals surface area contributed by atoms with Crippen molar-refractivity contribution in [2.75, 3.05) is 5.32 Å². The molecule has 4 aromatic rings. The maximum atomic E-state index is 12.6. The van der Waals surface area contributed by atoms with Gasteiger partial charge in [-0.05, 0) is 47.1 Å². The summed E-state index contributed by atoms with van der Waals surface area (Å²) in [6.07, 6.45) is 1.58. The molecule has 0 atom stereocenters. The highest BCUT2D eigenvalue weighted by atomic mass is 79.9. The van der Waals surface area contributed by atoms with Crippen molar-refractivity contribution < 1.29 is 4.79 Å². The van der Waals surface area contributed by atoms with Gasteiger partial charge >= 0.3 is 0 Å². The Labute approximate surface area is 156 Å². The van der Waals surface area contributed by atoms with E-state index in [1.807, 2.05) is 55.5 Å². The summed E-state index contributed by atoms with van der Waals surface area (Å²) < 4.78 is 3.70. The van der Waals surface area contributed by atoms with Crippen LogP contribution < -0.4 is 5.32 Å². The molecular formula is C18H13BrN4OS. The summed E-state index contributed by atoms with van der Waals surface area (Å²) >= 11 is 4.97. The van der Waals surface area contributed by atoms with E-state index in [9.17, 15) is 4.79 Å². The Morgan fingerprint density at radius 1 is 1.16 bits per heavy atom. The first kappa shape index (κ1) is 16.0. The number of fused-ring (bicyclic) bond motifs is 1. The van der Waals surface area contributed by atoms with E-state index < -0.39 is 0 Å². The molecule has 0 aliphatic carbocycles. The number of carbonyl (C=O) groups is 1. The van der Waals surface area contributed by atoms with Gasteiger partial charge in [-0.2, -0.15) is 5.10 Å². The van der Waals surface area contributed by atoms with E-state index in [2.05, 4.69) is 31.3 Å². The summed E-state index contributed by atoms with van der Waals surface area (Å²) in [5.41, 5.74) is 3.06. The minimum atomic E-state index is -0.213. The van der Waals surface area contributed by atoms with Crippen molar-refractivity contribution >= 4 is 48.5 Å². The Morgan fingerprint density at radius 3 is 2.72 bits per heavy atom. The van der Waals surface area contributed by atoms with Gasteiger partial charge in [-0.3, -0.25) is 10.1 Å². The zero-order chi connectivity index (χ0) is 17.4. The average molecular weight is 413 g/mol. The van der Waals surface area contributed by atoms with Crippen LogP contribution in [0.15, 0.2) is 59.2 Å². The van der Waals surface area contributed by atoms with Gasteiger partial charge in [-0.1, -0.05) is 35.6 Å². The highest BCUT2D eigenvalue weighted by Crippen LogP contribution is 2.27. The van der Waals surface area contributed by atoms with Crippen molar-refractivity contribution in [2.45, 2.75) is 6.92 Å². The molecule has 2 heterocycles. The molecule has 7 heteroatoms. The van der Waals surface area contributed by atoms with Crippen molar-refractivity contribution in [2.24, 2.45) is 0 Å². The summed E-state index contributed by atoms with van der Waals surface area (Å²) in [6, 6.07) is 15.6. The fourth-order valence-electron chi connectivity index (χ4n) is 2.59. The summed E-state index contributed by atoms with van der Waals surface area (Å²) in [7, 11) is 0. The number of thiazole rings is 1. The molecule has 0 spiro atoms. The van der Waals surface area contributed by atoms with Crippen LogP contribution in [0.25, 0.3) is 15.9 Å². The lowest BCUT2D eigenvalue weighted by Gasteiger charge is -2.07. The fourth-order valence-corrected chi connectivity index (χ4v) is 3.90. The van der Waals surface area contributed by atoms with Crippen molar-refractivity contribution in [3.63, 3.8) is 0 Å². The van der Waals surface area contributed by atoms with Gasteiger partial charge in [0.15, 0.2) is 5.13 Å². The smallest absolute Gasteiger partial charge is 0.260 e. The molecule has 25 heavy (non-hydrogen) atoms. The molecule has 0 saturated carbocycles. The Kier molecular flexibility index (Phi) is 4.10. The number of amides is 1. The van der Waals surface area contributed by atoms with E-state index >= 15 is 0 Å². The molecule has 2 aromatic carbocycles. The second-order valence-corrected chi connectivity index (χ2v) is 7.33. The predicted molar refractivity (Wildman–Crippen MR) is 104 cm³/mol. The van der Waals surface area contributed by atoms with Crippen LogP contribution in [0.2, 0.25) is 0 Å². The molecule has 0 saturated heterocycles. The Bertz CT molecular complexity index is 1050. The van der Waals surface area contributed by atoms with Crippen molar-refractivity contribution in [1.29, 1.82) is 0 Å². The van der Waals surface area contributed by atoms with Crippen LogP contribution in [0.3, 0.4) is 0 Å². The quantitative estimate of drug-likeness (QED) is 0.525. The molecule has 0 unspecified atom stereocenters. The maximum Gasteiger partial charge on any atom is 0.260 e. The lowest BCUT2D eigenvalue weighted by Crippen LogP contribution is -2.13. The molecule has 5 nitrogen and oxygen atoms in total. The standard InChI is InChI=1S/C18H13BrN4OS/c1-11-12(10-20-23(11)15-8-4-2-6-13(15)19)17(24)22-18-21-14-7-3-5-9-16(14)25-18/h2-10H,1H3,(H,21,22,24). The topological polar surface area (TPSA) is 59.8 Å². The van der Waals surface area contributed by atoms with Crippen LogP contribution in [0.5, 0.6) is 0 Å². The number of nitrogens with zero attached hydrogens (tertiary/aromatic N) is 3. The normalized spacial score (nSPS) is 11.0. The van der Waals surface area contributed by atoms with Gasteiger partial charge in [0.2, 0.25) is 0 Å². The van der Waals surface area contributed by atoms with E-state index in [0.29, 0.717) is 10.7 Å². The van der Waals surface area contributed by atoms with Crippen LogP contribution in [0, 0.1) is 6.92 Å². The number of halogens is 1. The number of nitrogens with one attached hydrogen (secondary N) is 1. The van der Waals surface area contributed by atoms with Gasteiger partial charge in [0.1, 0.15) is 0 Å². The van der Waals surface area contributed by atoms with Crippen LogP contribution >= 0.6 is 27.3 Å². The van der Waals surface area contributed by atoms with Gasteiger partial charge in [-0.25, -0.2) is 9.67 Å². The second kappa shape index (κ2) is 6.42. The average Bonchev–Trinajstić information content (AvgIpc) is 3.18. The van der Waals surface area contributed by atoms with E-state index in [0.717, 1.165) is 26.1 Å². The SMILES string of the molecule is Cc1c(C(=O)Nc2nc3ccccc3s2)cnn1-c1ccccc1Br. The van der Waals surface area contributed by atoms with Crippen LogP contribution in [0.4, 0.5) is 5.13 Å². The highest BCUT2D eigenvalue weighted by molar-refractivity contribution is 9.10. The third kappa shape index (κ3) is 2.96. The van der Waals surface area contributed by atoms with Crippen LogP contribution in [0.1, 0.15) is 16.1 Å². The molecule has 124 valence electrons. The molecule has 2 aromatic heterocycles. The van der Waals surface area contributed by atoms with Gasteiger partial charge in [0, 0.05) is 4.47 Å². The Hall–Kier alpha value is -2.51. The lowest BCUT2D eigenvalue weighted by molar-refractivity contribution is 0.102. The monoisotopic (exact) mass is 412 g/mol. The zero-order valence-electron chi connectivity index (χ0n) is 13.2. The Balaban J connectivity index is 1.64. The van der Waals surface area contributed by atoms with Crippen molar-refractivity contribution in [1.82, 2.24) is 14.8 Å². The first-order valence-electron chi connectivity index (χ1n) is 7.60. The number of rotatable bonds is 3. The minimum Gasteiger partial charge on any atom is -0.298 e. The van der Waals surface area contributed by atoms with E-state index in [4.69, 9.17) is 0 Å². The molecule has 0 fully saturated rings. The molecule has 0 aliphatic heterocycles. The molecule has 0 bridgehead atoms. The Morgan fingerprint density at radius 2 is 1.92 bits per heavy atom. The molecule has 1 amide bonds. The van der Waals surface area contributed by atoms with Crippen LogP contribution in [-0.2, 0) is 0 Å². The first-order valence-corrected chi connectivity index (χ1v) is 9.21. The summed E-state index contributed by atoms with van der Waals surface area (Å²) in [4.78, 5) is 17.1. The molecule has 1 N–H and O–H groups in total. The van der Waals surface area contributed by atoms with Crippen LogP contribution in [-0.4, -0.2) is 20.7 Å². The summed E-state index contributed by atoms with van der Waals surface area (Å²) in [6.45, 7) is 1.87. The number of benzene rings is 2. The van der Waals surface area contributed by atoms with Gasteiger partial charge in [0.25, 0.3) is 5.91 Å². The summed E-state index contributed by atoms with van der Waals surface area (Å²) in [5, 5.41) is 7.82. The first-order chi connectivity index (χ1) is 12.1. The van der Waals surface area contributed by atoms with E-state index in [-0.39, 0.29) is 5.91 Å². The molecule has 0 radical (unpaired) electrons. The number of para-hydroxylation sites is 2. The predicted octanol–water partition coefficient (Wildman–Crippen LogP) is 4.81. The lowest BCUT2D eigenvalue weighted by atomic mass is 10.2. The van der Waals surface area contributed by atoms with Gasteiger partial charge in [-0.15, -0.1) is 0 Å². The van der Waals surface area contributed by atoms with E-state index in [1.54, 1.807) is 10.9 Å². The molecular weight excluding hydrogens is 400 g/mol. The number of hydrogen-bond acceptors (Lipinski definition) is 4. The van der Waals surface area contributed by atoms with Crippen molar-refractivity contribution in [3.05, 3.63) is 70.5 Å². The molecule has 0 aliphatic rings. The largest absolute Gasteiger partial charge is 0.298 e. The maximum absolute atomic E-state index is 12.6. The number of hydrogen-bond donors (Lipinski definition) is 1. The molecule has 4 rings (SSSR count). The second-order valence-electron chi connectivity index (χ2n) is 5.45.